The van der Waals surface area contributed by atoms with Crippen molar-refractivity contribution in [2.75, 3.05) is 13.7 Å². The molecule has 1 amide bonds. The van der Waals surface area contributed by atoms with Crippen LogP contribution < -0.4 is 10.1 Å². The Morgan fingerprint density at radius 3 is 2.87 bits per heavy atom. The smallest absolute Gasteiger partial charge is 0.220 e. The number of nitrogens with one attached hydrogen (secondary N) is 1. The standard InChI is InChI=1S/C11H13NO3/c1-15-10-3-2-7(4-9(10)13)8-5-11(14)12-6-8/h2-4,8,13H,5-6H2,1H3,(H,12,14)/t8-/m1/s1. The molecule has 0 radical (unpaired) electrons. The molecule has 1 atom stereocenters. The molecule has 1 fully saturated rings. The van der Waals surface area contributed by atoms with E-state index in [1.165, 1.54) is 7.11 Å². The molecule has 1 heterocycles. The van der Waals surface area contributed by atoms with Gasteiger partial charge in [0.25, 0.3) is 0 Å². The first-order valence-electron chi connectivity index (χ1n) is 4.84. The van der Waals surface area contributed by atoms with Crippen LogP contribution in [0.2, 0.25) is 0 Å². The number of phenols is 1. The van der Waals surface area contributed by atoms with Gasteiger partial charge in [-0.3, -0.25) is 4.79 Å². The monoisotopic (exact) mass is 207 g/mol. The second-order valence-electron chi connectivity index (χ2n) is 3.64. The van der Waals surface area contributed by atoms with Crippen LogP contribution in [0.15, 0.2) is 18.2 Å². The minimum absolute atomic E-state index is 0.0651. The van der Waals surface area contributed by atoms with Crippen molar-refractivity contribution >= 4 is 5.91 Å². The van der Waals surface area contributed by atoms with Crippen LogP contribution in [0.3, 0.4) is 0 Å². The predicted octanol–water partition coefficient (Wildman–Crippen LogP) is 1.00. The second-order valence-corrected chi connectivity index (χ2v) is 3.64. The van der Waals surface area contributed by atoms with Crippen molar-refractivity contribution in [2.45, 2.75) is 12.3 Å². The normalized spacial score (nSPS) is 20.1. The zero-order valence-corrected chi connectivity index (χ0v) is 8.49. The van der Waals surface area contributed by atoms with Gasteiger partial charge in [-0.1, -0.05) is 6.07 Å². The van der Waals surface area contributed by atoms with Crippen LogP contribution in [0, 0.1) is 0 Å². The molecule has 0 bridgehead atoms. The van der Waals surface area contributed by atoms with Gasteiger partial charge in [-0.2, -0.15) is 0 Å². The van der Waals surface area contributed by atoms with E-state index >= 15 is 0 Å². The maximum Gasteiger partial charge on any atom is 0.220 e. The van der Waals surface area contributed by atoms with Gasteiger partial charge in [-0.15, -0.1) is 0 Å². The molecule has 0 aromatic heterocycles. The quantitative estimate of drug-likeness (QED) is 0.760. The van der Waals surface area contributed by atoms with Crippen molar-refractivity contribution in [1.82, 2.24) is 5.32 Å². The fourth-order valence-corrected chi connectivity index (χ4v) is 1.80. The van der Waals surface area contributed by atoms with Gasteiger partial charge in [0.15, 0.2) is 11.5 Å². The molecule has 0 spiro atoms. The number of carbonyl (C=O) groups is 1. The summed E-state index contributed by atoms with van der Waals surface area (Å²) in [6, 6.07) is 5.25. The summed E-state index contributed by atoms with van der Waals surface area (Å²) in [5, 5.41) is 12.4. The average Bonchev–Trinajstić information content (AvgIpc) is 2.65. The Labute approximate surface area is 87.9 Å². The maximum atomic E-state index is 11.0. The van der Waals surface area contributed by atoms with E-state index in [4.69, 9.17) is 4.74 Å². The summed E-state index contributed by atoms with van der Waals surface area (Å²) in [5.74, 6) is 0.801. The summed E-state index contributed by atoms with van der Waals surface area (Å²) in [6.07, 6.45) is 0.492. The topological polar surface area (TPSA) is 58.6 Å². The Bertz CT molecular complexity index is 389. The van der Waals surface area contributed by atoms with E-state index in [-0.39, 0.29) is 17.6 Å². The zero-order chi connectivity index (χ0) is 10.8. The molecule has 0 saturated carbocycles. The van der Waals surface area contributed by atoms with Gasteiger partial charge in [0, 0.05) is 18.9 Å². The van der Waals surface area contributed by atoms with E-state index in [0.29, 0.717) is 18.7 Å². The molecule has 4 heteroatoms. The largest absolute Gasteiger partial charge is 0.504 e. The number of amides is 1. The Morgan fingerprint density at radius 1 is 1.53 bits per heavy atom. The first kappa shape index (κ1) is 9.83. The Hall–Kier alpha value is -1.71. The lowest BCUT2D eigenvalue weighted by atomic mass is 9.98. The number of ether oxygens (including phenoxy) is 1. The number of hydrogen-bond acceptors (Lipinski definition) is 3. The molecule has 1 aromatic carbocycles. The van der Waals surface area contributed by atoms with Crippen molar-refractivity contribution in [2.24, 2.45) is 0 Å². The lowest BCUT2D eigenvalue weighted by molar-refractivity contribution is -0.119. The first-order chi connectivity index (χ1) is 7.20. The number of carbonyl (C=O) groups excluding carboxylic acids is 1. The summed E-state index contributed by atoms with van der Waals surface area (Å²) >= 11 is 0. The van der Waals surface area contributed by atoms with Gasteiger partial charge in [0.2, 0.25) is 5.91 Å². The molecular formula is C11H13NO3. The number of hydrogen-bond donors (Lipinski definition) is 2. The molecule has 2 N–H and O–H groups in total. The van der Waals surface area contributed by atoms with Crippen LogP contribution in [0.25, 0.3) is 0 Å². The molecule has 1 saturated heterocycles. The number of phenolic OH excluding ortho intramolecular Hbond substituents is 1. The minimum Gasteiger partial charge on any atom is -0.504 e. The third-order valence-electron chi connectivity index (χ3n) is 2.65. The highest BCUT2D eigenvalue weighted by Gasteiger charge is 2.23. The second kappa shape index (κ2) is 3.81. The van der Waals surface area contributed by atoms with Gasteiger partial charge in [0.05, 0.1) is 7.11 Å². The van der Waals surface area contributed by atoms with Gasteiger partial charge < -0.3 is 15.2 Å². The highest BCUT2D eigenvalue weighted by molar-refractivity contribution is 5.79. The van der Waals surface area contributed by atoms with Crippen LogP contribution in [0.4, 0.5) is 0 Å². The van der Waals surface area contributed by atoms with Crippen LogP contribution in [-0.4, -0.2) is 24.7 Å². The van der Waals surface area contributed by atoms with E-state index in [0.717, 1.165) is 5.56 Å². The number of aromatic hydroxyl groups is 1. The van der Waals surface area contributed by atoms with Gasteiger partial charge in [0.1, 0.15) is 0 Å². The van der Waals surface area contributed by atoms with Gasteiger partial charge in [-0.05, 0) is 17.7 Å². The maximum absolute atomic E-state index is 11.0. The Morgan fingerprint density at radius 2 is 2.33 bits per heavy atom. The molecule has 1 aromatic rings. The summed E-state index contributed by atoms with van der Waals surface area (Å²) in [7, 11) is 1.51. The van der Waals surface area contributed by atoms with E-state index in [2.05, 4.69) is 5.32 Å². The predicted molar refractivity (Wildman–Crippen MR) is 55.0 cm³/mol. The lowest BCUT2D eigenvalue weighted by Gasteiger charge is -2.10. The molecule has 80 valence electrons. The lowest BCUT2D eigenvalue weighted by Crippen LogP contribution is -2.13. The Kier molecular flexibility index (Phi) is 2.49. The Balaban J connectivity index is 2.22. The molecule has 15 heavy (non-hydrogen) atoms. The van der Waals surface area contributed by atoms with Crippen molar-refractivity contribution in [3.63, 3.8) is 0 Å². The first-order valence-corrected chi connectivity index (χ1v) is 4.84. The van der Waals surface area contributed by atoms with Gasteiger partial charge in [-0.25, -0.2) is 0 Å². The summed E-state index contributed by atoms with van der Waals surface area (Å²) in [5.41, 5.74) is 0.964. The van der Waals surface area contributed by atoms with Crippen LogP contribution in [0.1, 0.15) is 17.9 Å². The van der Waals surface area contributed by atoms with E-state index in [9.17, 15) is 9.90 Å². The van der Waals surface area contributed by atoms with Crippen molar-refractivity contribution in [3.8, 4) is 11.5 Å². The van der Waals surface area contributed by atoms with E-state index < -0.39 is 0 Å². The van der Waals surface area contributed by atoms with Crippen molar-refractivity contribution < 1.29 is 14.6 Å². The van der Waals surface area contributed by atoms with Crippen LogP contribution >= 0.6 is 0 Å². The fraction of sp³-hybridized carbons (Fsp3) is 0.364. The average molecular weight is 207 g/mol. The summed E-state index contributed by atoms with van der Waals surface area (Å²) < 4.78 is 4.95. The highest BCUT2D eigenvalue weighted by atomic mass is 16.5. The van der Waals surface area contributed by atoms with Gasteiger partial charge >= 0.3 is 0 Å². The van der Waals surface area contributed by atoms with Crippen molar-refractivity contribution in [3.05, 3.63) is 23.8 Å². The van der Waals surface area contributed by atoms with Crippen molar-refractivity contribution in [1.29, 1.82) is 0 Å². The van der Waals surface area contributed by atoms with Crippen LogP contribution in [-0.2, 0) is 4.79 Å². The molecule has 2 rings (SSSR count). The summed E-state index contributed by atoms with van der Waals surface area (Å²) in [4.78, 5) is 11.0. The highest BCUT2D eigenvalue weighted by Crippen LogP contribution is 2.31. The third kappa shape index (κ3) is 1.88. The third-order valence-corrected chi connectivity index (χ3v) is 2.65. The minimum atomic E-state index is 0.0651. The molecule has 0 unspecified atom stereocenters. The fourth-order valence-electron chi connectivity index (χ4n) is 1.80. The van der Waals surface area contributed by atoms with Crippen LogP contribution in [0.5, 0.6) is 11.5 Å². The molecule has 4 nitrogen and oxygen atoms in total. The SMILES string of the molecule is COc1ccc([C@H]2CNC(=O)C2)cc1O. The van der Waals surface area contributed by atoms with E-state index in [1.54, 1.807) is 12.1 Å². The molecule has 1 aliphatic heterocycles. The molecule has 1 aliphatic rings. The van der Waals surface area contributed by atoms with E-state index in [1.807, 2.05) is 6.07 Å². The molecule has 0 aliphatic carbocycles. The molecular weight excluding hydrogens is 194 g/mol. The number of rotatable bonds is 2. The zero-order valence-electron chi connectivity index (χ0n) is 8.49. The number of methoxy groups -OCH3 is 1. The summed E-state index contributed by atoms with van der Waals surface area (Å²) in [6.45, 7) is 0.643. The number of benzene rings is 1.